The van der Waals surface area contributed by atoms with Crippen molar-refractivity contribution in [1.29, 1.82) is 0 Å². The standard InChI is InChI=1S/C16H18N2S/c1-2-11(3-1)16-18-15(10-19-16)13-4-5-14-9-17-7-6-12(14)8-13/h4-5,8,10-11,17H,1-3,6-7,9H2. The molecule has 1 aromatic carbocycles. The van der Waals surface area contributed by atoms with Gasteiger partial charge in [-0.25, -0.2) is 4.98 Å². The van der Waals surface area contributed by atoms with Crippen LogP contribution in [0.4, 0.5) is 0 Å². The van der Waals surface area contributed by atoms with Gasteiger partial charge in [0.1, 0.15) is 0 Å². The van der Waals surface area contributed by atoms with Crippen molar-refractivity contribution in [1.82, 2.24) is 10.3 Å². The molecule has 1 N–H and O–H groups in total. The highest BCUT2D eigenvalue weighted by molar-refractivity contribution is 7.10. The van der Waals surface area contributed by atoms with E-state index in [4.69, 9.17) is 4.98 Å². The van der Waals surface area contributed by atoms with Crippen LogP contribution in [-0.4, -0.2) is 11.5 Å². The van der Waals surface area contributed by atoms with E-state index in [-0.39, 0.29) is 0 Å². The third-order valence-electron chi connectivity index (χ3n) is 4.36. The molecule has 1 fully saturated rings. The number of rotatable bonds is 2. The second kappa shape index (κ2) is 4.73. The van der Waals surface area contributed by atoms with Crippen LogP contribution < -0.4 is 5.32 Å². The Kier molecular flexibility index (Phi) is 2.89. The molecule has 0 spiro atoms. The number of fused-ring (bicyclic) bond motifs is 1. The summed E-state index contributed by atoms with van der Waals surface area (Å²) in [4.78, 5) is 4.85. The van der Waals surface area contributed by atoms with Crippen LogP contribution in [0.25, 0.3) is 11.3 Å². The zero-order valence-electron chi connectivity index (χ0n) is 11.0. The average molecular weight is 270 g/mol. The highest BCUT2D eigenvalue weighted by Crippen LogP contribution is 2.39. The Morgan fingerprint density at radius 2 is 2.16 bits per heavy atom. The molecule has 0 amide bonds. The summed E-state index contributed by atoms with van der Waals surface area (Å²) in [5.41, 5.74) is 5.41. The van der Waals surface area contributed by atoms with Crippen molar-refractivity contribution in [2.75, 3.05) is 6.54 Å². The molecule has 3 heteroatoms. The first-order valence-electron chi connectivity index (χ1n) is 7.18. The minimum absolute atomic E-state index is 0.751. The highest BCUT2D eigenvalue weighted by Gasteiger charge is 2.22. The monoisotopic (exact) mass is 270 g/mol. The fourth-order valence-electron chi connectivity index (χ4n) is 2.90. The summed E-state index contributed by atoms with van der Waals surface area (Å²) in [5.74, 6) is 0.751. The Labute approximate surface area is 117 Å². The molecule has 19 heavy (non-hydrogen) atoms. The Hall–Kier alpha value is -1.19. The number of hydrogen-bond acceptors (Lipinski definition) is 3. The third kappa shape index (κ3) is 2.11. The molecule has 2 aromatic rings. The SMILES string of the molecule is c1cc2c(cc1-c1csc(C3CCC3)n1)CCNC2. The lowest BCUT2D eigenvalue weighted by Gasteiger charge is -2.22. The summed E-state index contributed by atoms with van der Waals surface area (Å²) >= 11 is 1.84. The Morgan fingerprint density at radius 3 is 3.00 bits per heavy atom. The minimum atomic E-state index is 0.751. The van der Waals surface area contributed by atoms with Gasteiger partial charge in [-0.1, -0.05) is 18.6 Å². The summed E-state index contributed by atoms with van der Waals surface area (Å²) in [6, 6.07) is 6.83. The number of benzene rings is 1. The molecule has 2 nitrogen and oxygen atoms in total. The van der Waals surface area contributed by atoms with Gasteiger partial charge in [0, 0.05) is 23.4 Å². The Morgan fingerprint density at radius 1 is 1.21 bits per heavy atom. The van der Waals surface area contributed by atoms with Gasteiger partial charge in [-0.05, 0) is 43.0 Å². The van der Waals surface area contributed by atoms with Crippen molar-refractivity contribution in [2.45, 2.75) is 38.1 Å². The summed E-state index contributed by atoms with van der Waals surface area (Å²) in [7, 11) is 0. The van der Waals surface area contributed by atoms with Crippen LogP contribution in [0.3, 0.4) is 0 Å². The maximum Gasteiger partial charge on any atom is 0.0963 e. The molecule has 2 aliphatic rings. The normalized spacial score (nSPS) is 18.9. The molecule has 2 heterocycles. The molecule has 1 saturated carbocycles. The van der Waals surface area contributed by atoms with Crippen molar-refractivity contribution in [3.05, 3.63) is 39.7 Å². The van der Waals surface area contributed by atoms with Crippen molar-refractivity contribution in [3.8, 4) is 11.3 Å². The molecule has 1 aliphatic heterocycles. The fourth-order valence-corrected chi connectivity index (χ4v) is 3.90. The first-order chi connectivity index (χ1) is 9.40. The zero-order valence-corrected chi connectivity index (χ0v) is 11.8. The molecule has 0 radical (unpaired) electrons. The number of aromatic nitrogens is 1. The molecule has 0 unspecified atom stereocenters. The van der Waals surface area contributed by atoms with Gasteiger partial charge in [0.25, 0.3) is 0 Å². The van der Waals surface area contributed by atoms with E-state index < -0.39 is 0 Å². The molecular formula is C16H18N2S. The van der Waals surface area contributed by atoms with Crippen molar-refractivity contribution in [3.63, 3.8) is 0 Å². The van der Waals surface area contributed by atoms with Crippen LogP contribution in [-0.2, 0) is 13.0 Å². The Bertz CT molecular complexity index is 599. The lowest BCUT2D eigenvalue weighted by Crippen LogP contribution is -2.23. The summed E-state index contributed by atoms with van der Waals surface area (Å²) in [6.45, 7) is 2.11. The van der Waals surface area contributed by atoms with E-state index in [1.807, 2.05) is 11.3 Å². The van der Waals surface area contributed by atoms with Crippen LogP contribution in [0.15, 0.2) is 23.6 Å². The lowest BCUT2D eigenvalue weighted by molar-refractivity contribution is 0.418. The first-order valence-corrected chi connectivity index (χ1v) is 8.06. The predicted octanol–water partition coefficient (Wildman–Crippen LogP) is 3.72. The second-order valence-electron chi connectivity index (χ2n) is 5.61. The first kappa shape index (κ1) is 11.6. The quantitative estimate of drug-likeness (QED) is 0.899. The van der Waals surface area contributed by atoms with Gasteiger partial charge in [0.05, 0.1) is 10.7 Å². The van der Waals surface area contributed by atoms with Gasteiger partial charge in [-0.3, -0.25) is 0 Å². The lowest BCUT2D eigenvalue weighted by atomic mass is 9.86. The number of nitrogens with one attached hydrogen (secondary N) is 1. The Balaban J connectivity index is 1.65. The van der Waals surface area contributed by atoms with Crippen LogP contribution in [0.2, 0.25) is 0 Å². The largest absolute Gasteiger partial charge is 0.312 e. The number of nitrogens with zero attached hydrogens (tertiary/aromatic N) is 1. The van der Waals surface area contributed by atoms with E-state index in [1.54, 1.807) is 0 Å². The zero-order chi connectivity index (χ0) is 12.7. The number of hydrogen-bond donors (Lipinski definition) is 1. The maximum absolute atomic E-state index is 4.85. The van der Waals surface area contributed by atoms with Gasteiger partial charge >= 0.3 is 0 Å². The van der Waals surface area contributed by atoms with Gasteiger partial charge in [-0.2, -0.15) is 0 Å². The van der Waals surface area contributed by atoms with E-state index in [2.05, 4.69) is 28.9 Å². The van der Waals surface area contributed by atoms with E-state index in [0.717, 1.165) is 25.4 Å². The van der Waals surface area contributed by atoms with E-state index >= 15 is 0 Å². The van der Waals surface area contributed by atoms with E-state index in [9.17, 15) is 0 Å². The van der Waals surface area contributed by atoms with E-state index in [1.165, 1.54) is 46.7 Å². The topological polar surface area (TPSA) is 24.9 Å². The van der Waals surface area contributed by atoms with Crippen LogP contribution in [0.5, 0.6) is 0 Å². The molecule has 1 aliphatic carbocycles. The minimum Gasteiger partial charge on any atom is -0.312 e. The smallest absolute Gasteiger partial charge is 0.0963 e. The molecule has 98 valence electrons. The van der Waals surface area contributed by atoms with Gasteiger partial charge in [0.15, 0.2) is 0 Å². The summed E-state index contributed by atoms with van der Waals surface area (Å²) in [5, 5.41) is 7.00. The maximum atomic E-state index is 4.85. The molecule has 1 aromatic heterocycles. The molecule has 4 rings (SSSR count). The van der Waals surface area contributed by atoms with Crippen molar-refractivity contribution < 1.29 is 0 Å². The molecule has 0 atom stereocenters. The van der Waals surface area contributed by atoms with Gasteiger partial charge in [-0.15, -0.1) is 11.3 Å². The van der Waals surface area contributed by atoms with E-state index in [0.29, 0.717) is 0 Å². The molecular weight excluding hydrogens is 252 g/mol. The number of thiazole rings is 1. The van der Waals surface area contributed by atoms with Crippen molar-refractivity contribution in [2.24, 2.45) is 0 Å². The third-order valence-corrected chi connectivity index (χ3v) is 5.37. The average Bonchev–Trinajstić information content (AvgIpc) is 2.85. The fraction of sp³-hybridized carbons (Fsp3) is 0.438. The van der Waals surface area contributed by atoms with Crippen LogP contribution in [0, 0.1) is 0 Å². The van der Waals surface area contributed by atoms with Gasteiger partial charge in [0.2, 0.25) is 0 Å². The van der Waals surface area contributed by atoms with Gasteiger partial charge < -0.3 is 5.32 Å². The summed E-state index contributed by atoms with van der Waals surface area (Å²) in [6.07, 6.45) is 5.19. The van der Waals surface area contributed by atoms with Crippen LogP contribution in [0.1, 0.15) is 41.3 Å². The predicted molar refractivity (Wildman–Crippen MR) is 79.6 cm³/mol. The highest BCUT2D eigenvalue weighted by atomic mass is 32.1. The van der Waals surface area contributed by atoms with Crippen molar-refractivity contribution >= 4 is 11.3 Å². The molecule has 0 bridgehead atoms. The van der Waals surface area contributed by atoms with Crippen LogP contribution >= 0.6 is 11.3 Å². The second-order valence-corrected chi connectivity index (χ2v) is 6.50. The molecule has 0 saturated heterocycles. The summed E-state index contributed by atoms with van der Waals surface area (Å²) < 4.78 is 0.